The van der Waals surface area contributed by atoms with E-state index in [0.29, 0.717) is 22.2 Å². The van der Waals surface area contributed by atoms with Crippen LogP contribution < -0.4 is 0 Å². The van der Waals surface area contributed by atoms with Gasteiger partial charge in [-0.25, -0.2) is 4.79 Å². The lowest BCUT2D eigenvalue weighted by Gasteiger charge is -2.05. The van der Waals surface area contributed by atoms with Crippen LogP contribution in [0.25, 0.3) is 11.5 Å². The topological polar surface area (TPSA) is 89.1 Å². The van der Waals surface area contributed by atoms with Crippen LogP contribution in [0.5, 0.6) is 0 Å². The molecule has 0 atom stereocenters. The summed E-state index contributed by atoms with van der Waals surface area (Å²) in [4.78, 5) is 15.3. The summed E-state index contributed by atoms with van der Waals surface area (Å²) in [7, 11) is 0. The van der Waals surface area contributed by atoms with Crippen LogP contribution in [0.3, 0.4) is 0 Å². The number of hydrogen-bond donors (Lipinski definition) is 1. The van der Waals surface area contributed by atoms with E-state index in [-0.39, 0.29) is 11.5 Å². The van der Waals surface area contributed by atoms with Crippen LogP contribution in [-0.2, 0) is 0 Å². The number of aromatic carboxylic acids is 1. The number of aryl methyl sites for hydroxylation is 2. The van der Waals surface area contributed by atoms with Gasteiger partial charge in [0.2, 0.25) is 0 Å². The Hall–Kier alpha value is -1.89. The number of aromatic nitrogens is 3. The number of nitrogens with zero attached hydrogens (tertiary/aromatic N) is 3. The standard InChI is InChI=1S/C11H11N3O3S/c1-5-7(9-13-14-11(17-9)18-3)4-8(10(15)16)6(2)12-5/h4H,1-3H3,(H,15,16). The second-order valence-electron chi connectivity index (χ2n) is 3.64. The van der Waals surface area contributed by atoms with Crippen molar-refractivity contribution in [2.24, 2.45) is 0 Å². The number of carbonyl (C=O) groups is 1. The van der Waals surface area contributed by atoms with E-state index in [0.717, 1.165) is 0 Å². The van der Waals surface area contributed by atoms with Gasteiger partial charge < -0.3 is 9.52 Å². The Morgan fingerprint density at radius 3 is 2.61 bits per heavy atom. The first-order chi connectivity index (χ1) is 8.52. The maximum atomic E-state index is 11.1. The Labute approximate surface area is 107 Å². The molecule has 0 aliphatic rings. The molecule has 2 aromatic heterocycles. The number of carboxylic acids is 1. The third-order valence-corrected chi connectivity index (χ3v) is 2.96. The predicted molar refractivity (Wildman–Crippen MR) is 65.7 cm³/mol. The van der Waals surface area contributed by atoms with Crippen LogP contribution in [0.15, 0.2) is 15.7 Å². The molecule has 0 saturated carbocycles. The summed E-state index contributed by atoms with van der Waals surface area (Å²) in [6.07, 6.45) is 1.82. The van der Waals surface area contributed by atoms with Crippen LogP contribution >= 0.6 is 11.8 Å². The fourth-order valence-corrected chi connectivity index (χ4v) is 1.84. The van der Waals surface area contributed by atoms with Crippen molar-refractivity contribution in [1.29, 1.82) is 0 Å². The highest BCUT2D eigenvalue weighted by molar-refractivity contribution is 7.98. The maximum Gasteiger partial charge on any atom is 0.337 e. The zero-order valence-corrected chi connectivity index (χ0v) is 10.9. The molecule has 0 bridgehead atoms. The monoisotopic (exact) mass is 265 g/mol. The first-order valence-corrected chi connectivity index (χ1v) is 6.34. The smallest absolute Gasteiger partial charge is 0.337 e. The molecule has 6 nitrogen and oxygen atoms in total. The van der Waals surface area contributed by atoms with Gasteiger partial charge in [0.25, 0.3) is 11.1 Å². The van der Waals surface area contributed by atoms with Gasteiger partial charge in [0.1, 0.15) is 0 Å². The summed E-state index contributed by atoms with van der Waals surface area (Å²) in [5.41, 5.74) is 1.81. The van der Waals surface area contributed by atoms with Crippen molar-refractivity contribution >= 4 is 17.7 Å². The molecule has 0 aliphatic carbocycles. The predicted octanol–water partition coefficient (Wildman–Crippen LogP) is 2.17. The molecule has 0 amide bonds. The van der Waals surface area contributed by atoms with Crippen molar-refractivity contribution in [2.45, 2.75) is 19.1 Å². The van der Waals surface area contributed by atoms with Gasteiger partial charge in [-0.15, -0.1) is 10.2 Å². The lowest BCUT2D eigenvalue weighted by Crippen LogP contribution is -2.04. The van der Waals surface area contributed by atoms with Crippen molar-refractivity contribution < 1.29 is 14.3 Å². The minimum absolute atomic E-state index is 0.138. The molecule has 7 heteroatoms. The number of carboxylic acid groups (broad SMARTS) is 1. The van der Waals surface area contributed by atoms with Gasteiger partial charge in [0.05, 0.1) is 22.5 Å². The fraction of sp³-hybridized carbons (Fsp3) is 0.273. The van der Waals surface area contributed by atoms with Gasteiger partial charge in [0.15, 0.2) is 0 Å². The molecule has 2 heterocycles. The summed E-state index contributed by atoms with van der Waals surface area (Å²) in [5, 5.41) is 17.2. The fourth-order valence-electron chi connectivity index (χ4n) is 1.56. The van der Waals surface area contributed by atoms with E-state index in [1.807, 2.05) is 6.26 Å². The summed E-state index contributed by atoms with van der Waals surface area (Å²) >= 11 is 1.33. The molecule has 0 saturated heterocycles. The molecule has 0 aromatic carbocycles. The molecule has 94 valence electrons. The third kappa shape index (κ3) is 2.21. The Morgan fingerprint density at radius 1 is 1.33 bits per heavy atom. The van der Waals surface area contributed by atoms with Crippen LogP contribution in [-0.4, -0.2) is 32.5 Å². The Balaban J connectivity index is 2.56. The first kappa shape index (κ1) is 12.6. The molecule has 1 N–H and O–H groups in total. The summed E-state index contributed by atoms with van der Waals surface area (Å²) in [6, 6.07) is 1.51. The number of thioether (sulfide) groups is 1. The molecule has 0 unspecified atom stereocenters. The first-order valence-electron chi connectivity index (χ1n) is 5.12. The van der Waals surface area contributed by atoms with Crippen molar-refractivity contribution in [2.75, 3.05) is 6.26 Å². The maximum absolute atomic E-state index is 11.1. The van der Waals surface area contributed by atoms with Gasteiger partial charge in [-0.3, -0.25) is 4.98 Å². The lowest BCUT2D eigenvalue weighted by molar-refractivity contribution is 0.0695. The highest BCUT2D eigenvalue weighted by Crippen LogP contribution is 2.25. The van der Waals surface area contributed by atoms with E-state index in [9.17, 15) is 4.79 Å². The highest BCUT2D eigenvalue weighted by atomic mass is 32.2. The average molecular weight is 265 g/mol. The van der Waals surface area contributed by atoms with E-state index in [2.05, 4.69) is 15.2 Å². The lowest BCUT2D eigenvalue weighted by atomic mass is 10.1. The van der Waals surface area contributed by atoms with E-state index in [1.54, 1.807) is 13.8 Å². The van der Waals surface area contributed by atoms with Gasteiger partial charge in [0, 0.05) is 0 Å². The van der Waals surface area contributed by atoms with Gasteiger partial charge >= 0.3 is 5.97 Å². The van der Waals surface area contributed by atoms with Gasteiger partial charge in [-0.05, 0) is 26.2 Å². The number of rotatable bonds is 3. The van der Waals surface area contributed by atoms with Crippen molar-refractivity contribution in [3.63, 3.8) is 0 Å². The summed E-state index contributed by atoms with van der Waals surface area (Å²) < 4.78 is 5.38. The highest BCUT2D eigenvalue weighted by Gasteiger charge is 2.17. The van der Waals surface area contributed by atoms with Crippen LogP contribution in [0.1, 0.15) is 21.7 Å². The van der Waals surface area contributed by atoms with E-state index < -0.39 is 5.97 Å². The van der Waals surface area contributed by atoms with E-state index >= 15 is 0 Å². The van der Waals surface area contributed by atoms with E-state index in [1.165, 1.54) is 17.8 Å². The third-order valence-electron chi connectivity index (χ3n) is 2.45. The van der Waals surface area contributed by atoms with Gasteiger partial charge in [-0.1, -0.05) is 11.8 Å². The summed E-state index contributed by atoms with van der Waals surface area (Å²) in [5.74, 6) is -0.738. The molecule has 2 aromatic rings. The van der Waals surface area contributed by atoms with Gasteiger partial charge in [-0.2, -0.15) is 0 Å². The molecule has 18 heavy (non-hydrogen) atoms. The normalized spacial score (nSPS) is 10.6. The van der Waals surface area contributed by atoms with Crippen LogP contribution in [0.4, 0.5) is 0 Å². The molecule has 2 rings (SSSR count). The quantitative estimate of drug-likeness (QED) is 0.850. The minimum atomic E-state index is -1.02. The molecule has 0 radical (unpaired) electrons. The zero-order chi connectivity index (χ0) is 13.3. The average Bonchev–Trinajstić information content (AvgIpc) is 2.77. The Bertz CT molecular complexity index is 610. The molecule has 0 spiro atoms. The second-order valence-corrected chi connectivity index (χ2v) is 4.39. The SMILES string of the molecule is CSc1nnc(-c2cc(C(=O)O)c(C)nc2C)o1. The Morgan fingerprint density at radius 2 is 2.06 bits per heavy atom. The van der Waals surface area contributed by atoms with Crippen LogP contribution in [0, 0.1) is 13.8 Å². The second kappa shape index (κ2) is 4.77. The molecule has 0 fully saturated rings. The zero-order valence-electron chi connectivity index (χ0n) is 10.1. The summed E-state index contributed by atoms with van der Waals surface area (Å²) in [6.45, 7) is 3.43. The molecular weight excluding hydrogens is 254 g/mol. The molecular formula is C11H11N3O3S. The largest absolute Gasteiger partial charge is 0.478 e. The minimum Gasteiger partial charge on any atom is -0.478 e. The number of hydrogen-bond acceptors (Lipinski definition) is 6. The van der Waals surface area contributed by atoms with Crippen molar-refractivity contribution in [3.05, 3.63) is 23.0 Å². The Kier molecular flexibility index (Phi) is 3.33. The van der Waals surface area contributed by atoms with E-state index in [4.69, 9.17) is 9.52 Å². The number of pyridine rings is 1. The van der Waals surface area contributed by atoms with Crippen molar-refractivity contribution in [1.82, 2.24) is 15.2 Å². The molecule has 0 aliphatic heterocycles. The van der Waals surface area contributed by atoms with Crippen molar-refractivity contribution in [3.8, 4) is 11.5 Å². The van der Waals surface area contributed by atoms with Crippen LogP contribution in [0.2, 0.25) is 0 Å².